The van der Waals surface area contributed by atoms with Crippen LogP contribution in [0, 0.1) is 0 Å². The predicted molar refractivity (Wildman–Crippen MR) is 106 cm³/mol. The van der Waals surface area contributed by atoms with Crippen LogP contribution in [0.15, 0.2) is 58.3 Å². The molecule has 5 nitrogen and oxygen atoms in total. The van der Waals surface area contributed by atoms with Gasteiger partial charge < -0.3 is 15.9 Å². The highest BCUT2D eigenvalue weighted by atomic mass is 32.2. The first-order chi connectivity index (χ1) is 12.5. The molecule has 26 heavy (non-hydrogen) atoms. The van der Waals surface area contributed by atoms with E-state index in [1.165, 1.54) is 0 Å². The van der Waals surface area contributed by atoms with Crippen LogP contribution in [0.1, 0.15) is 6.42 Å². The number of amides is 1. The van der Waals surface area contributed by atoms with E-state index in [0.29, 0.717) is 5.25 Å². The molecule has 1 amide bonds. The van der Waals surface area contributed by atoms with E-state index in [4.69, 9.17) is 5.73 Å². The van der Waals surface area contributed by atoms with Crippen molar-refractivity contribution in [1.82, 2.24) is 4.90 Å². The minimum absolute atomic E-state index is 0.260. The Kier molecular flexibility index (Phi) is 6.34. The SMILES string of the molecule is NC(=O)CN1C[C@@H](Sc2ccc(O)cc2)C[C@H]1CSc1ccc(O)cc1. The molecule has 2 aromatic carbocycles. The van der Waals surface area contributed by atoms with Crippen LogP contribution in [0.2, 0.25) is 0 Å². The van der Waals surface area contributed by atoms with Crippen LogP contribution in [0.5, 0.6) is 11.5 Å². The van der Waals surface area contributed by atoms with Crippen molar-refractivity contribution in [1.29, 1.82) is 0 Å². The van der Waals surface area contributed by atoms with Crippen LogP contribution in [0.4, 0.5) is 0 Å². The standard InChI is InChI=1S/C19H22N2O3S2/c20-19(24)11-21-10-18(26-17-7-3-15(23)4-8-17)9-13(21)12-25-16-5-1-14(22)2-6-16/h1-8,13,18,22-23H,9-12H2,(H2,20,24)/t13-,18-/m0/s1. The molecule has 1 fully saturated rings. The largest absolute Gasteiger partial charge is 0.508 e. The smallest absolute Gasteiger partial charge is 0.231 e. The minimum Gasteiger partial charge on any atom is -0.508 e. The number of phenols is 2. The van der Waals surface area contributed by atoms with Gasteiger partial charge in [-0.2, -0.15) is 0 Å². The van der Waals surface area contributed by atoms with Gasteiger partial charge in [0.1, 0.15) is 11.5 Å². The second-order valence-electron chi connectivity index (χ2n) is 6.32. The van der Waals surface area contributed by atoms with Gasteiger partial charge in [0, 0.05) is 33.4 Å². The van der Waals surface area contributed by atoms with Gasteiger partial charge in [0.25, 0.3) is 0 Å². The van der Waals surface area contributed by atoms with Gasteiger partial charge in [-0.05, 0) is 55.0 Å². The molecule has 0 bridgehead atoms. The van der Waals surface area contributed by atoms with Crippen LogP contribution in [0.25, 0.3) is 0 Å². The maximum atomic E-state index is 11.4. The van der Waals surface area contributed by atoms with Gasteiger partial charge in [0.15, 0.2) is 0 Å². The molecule has 0 saturated carbocycles. The molecule has 7 heteroatoms. The highest BCUT2D eigenvalue weighted by molar-refractivity contribution is 8.00. The molecule has 2 aromatic rings. The quantitative estimate of drug-likeness (QED) is 0.630. The first-order valence-electron chi connectivity index (χ1n) is 8.39. The number of carbonyl (C=O) groups excluding carboxylic acids is 1. The monoisotopic (exact) mass is 390 g/mol. The fourth-order valence-electron chi connectivity index (χ4n) is 3.04. The Morgan fingerprint density at radius 3 is 2.19 bits per heavy atom. The van der Waals surface area contributed by atoms with Gasteiger partial charge >= 0.3 is 0 Å². The van der Waals surface area contributed by atoms with Crippen molar-refractivity contribution < 1.29 is 15.0 Å². The number of benzene rings is 2. The summed E-state index contributed by atoms with van der Waals surface area (Å²) in [5, 5.41) is 19.2. The lowest BCUT2D eigenvalue weighted by molar-refractivity contribution is -0.119. The Morgan fingerprint density at radius 2 is 1.62 bits per heavy atom. The number of rotatable bonds is 7. The highest BCUT2D eigenvalue weighted by Crippen LogP contribution is 2.35. The summed E-state index contributed by atoms with van der Waals surface area (Å²) in [5.74, 6) is 1.08. The number of likely N-dealkylation sites (tertiary alicyclic amines) is 1. The summed E-state index contributed by atoms with van der Waals surface area (Å²) in [5.41, 5.74) is 5.42. The van der Waals surface area contributed by atoms with Crippen molar-refractivity contribution in [2.75, 3.05) is 18.8 Å². The topological polar surface area (TPSA) is 86.8 Å². The Labute approximate surface area is 161 Å². The maximum Gasteiger partial charge on any atom is 0.231 e. The summed E-state index contributed by atoms with van der Waals surface area (Å²) in [6.07, 6.45) is 0.976. The fourth-order valence-corrected chi connectivity index (χ4v) is 5.37. The molecule has 1 aliphatic rings. The lowest BCUT2D eigenvalue weighted by Gasteiger charge is -2.22. The third-order valence-corrected chi connectivity index (χ3v) is 6.64. The lowest BCUT2D eigenvalue weighted by atomic mass is 10.2. The third-order valence-electron chi connectivity index (χ3n) is 4.27. The van der Waals surface area contributed by atoms with Crippen molar-refractivity contribution >= 4 is 29.4 Å². The van der Waals surface area contributed by atoms with Gasteiger partial charge in [-0.25, -0.2) is 0 Å². The Bertz CT molecular complexity index is 737. The van der Waals surface area contributed by atoms with E-state index in [0.717, 1.165) is 28.5 Å². The molecule has 0 aliphatic carbocycles. The minimum atomic E-state index is -0.306. The molecule has 0 radical (unpaired) electrons. The number of hydrogen-bond acceptors (Lipinski definition) is 6. The highest BCUT2D eigenvalue weighted by Gasteiger charge is 2.33. The molecule has 0 unspecified atom stereocenters. The molecule has 138 valence electrons. The summed E-state index contributed by atoms with van der Waals surface area (Å²) in [7, 11) is 0. The van der Waals surface area contributed by atoms with E-state index < -0.39 is 0 Å². The second-order valence-corrected chi connectivity index (χ2v) is 8.79. The molecule has 0 aromatic heterocycles. The summed E-state index contributed by atoms with van der Waals surface area (Å²) in [4.78, 5) is 15.8. The van der Waals surface area contributed by atoms with Crippen LogP contribution < -0.4 is 5.73 Å². The number of primary amides is 1. The van der Waals surface area contributed by atoms with Crippen molar-refractivity contribution in [2.45, 2.75) is 27.5 Å². The van der Waals surface area contributed by atoms with Gasteiger partial charge in [0.05, 0.1) is 6.54 Å². The second kappa shape index (κ2) is 8.70. The number of thioether (sulfide) groups is 2. The van der Waals surface area contributed by atoms with E-state index in [-0.39, 0.29) is 30.0 Å². The van der Waals surface area contributed by atoms with Crippen molar-refractivity contribution in [3.8, 4) is 11.5 Å². The number of aromatic hydroxyl groups is 2. The third kappa shape index (κ3) is 5.33. The predicted octanol–water partition coefficient (Wildman–Crippen LogP) is 2.91. The molecule has 1 saturated heterocycles. The zero-order valence-electron chi connectivity index (χ0n) is 14.2. The lowest BCUT2D eigenvalue weighted by Crippen LogP contribution is -2.38. The normalized spacial score (nSPS) is 20.3. The number of nitrogens with zero attached hydrogens (tertiary/aromatic N) is 1. The summed E-state index contributed by atoms with van der Waals surface area (Å²) >= 11 is 3.49. The van der Waals surface area contributed by atoms with Gasteiger partial charge in [-0.15, -0.1) is 23.5 Å². The van der Waals surface area contributed by atoms with E-state index in [1.54, 1.807) is 47.8 Å². The maximum absolute atomic E-state index is 11.4. The van der Waals surface area contributed by atoms with Crippen molar-refractivity contribution in [2.24, 2.45) is 5.73 Å². The Hall–Kier alpha value is -1.83. The van der Waals surface area contributed by atoms with Crippen LogP contribution >= 0.6 is 23.5 Å². The molecule has 3 rings (SSSR count). The molecule has 2 atom stereocenters. The molecule has 0 spiro atoms. The number of carbonyl (C=O) groups is 1. The van der Waals surface area contributed by atoms with E-state index >= 15 is 0 Å². The van der Waals surface area contributed by atoms with Crippen LogP contribution in [0.3, 0.4) is 0 Å². The molecular weight excluding hydrogens is 368 g/mol. The van der Waals surface area contributed by atoms with Crippen molar-refractivity contribution in [3.05, 3.63) is 48.5 Å². The van der Waals surface area contributed by atoms with Gasteiger partial charge in [-0.3, -0.25) is 9.69 Å². The first kappa shape index (κ1) is 18.9. The Morgan fingerprint density at radius 1 is 1.04 bits per heavy atom. The number of hydrogen-bond donors (Lipinski definition) is 3. The zero-order chi connectivity index (χ0) is 18.5. The van der Waals surface area contributed by atoms with Gasteiger partial charge in [0.2, 0.25) is 5.91 Å². The Balaban J connectivity index is 1.61. The summed E-state index contributed by atoms with van der Waals surface area (Å²) in [6.45, 7) is 1.09. The summed E-state index contributed by atoms with van der Waals surface area (Å²) < 4.78 is 0. The molecule has 1 heterocycles. The average Bonchev–Trinajstić information content (AvgIpc) is 2.97. The van der Waals surface area contributed by atoms with Crippen LogP contribution in [-0.2, 0) is 4.79 Å². The van der Waals surface area contributed by atoms with E-state index in [2.05, 4.69) is 4.90 Å². The van der Waals surface area contributed by atoms with Crippen molar-refractivity contribution in [3.63, 3.8) is 0 Å². The fraction of sp³-hybridized carbons (Fsp3) is 0.316. The van der Waals surface area contributed by atoms with Gasteiger partial charge in [-0.1, -0.05) is 0 Å². The first-order valence-corrected chi connectivity index (χ1v) is 10.3. The number of phenolic OH excluding ortho intramolecular Hbond substituents is 2. The molecule has 1 aliphatic heterocycles. The van der Waals surface area contributed by atoms with E-state index in [1.807, 2.05) is 24.3 Å². The number of nitrogens with two attached hydrogens (primary N) is 1. The molecule has 4 N–H and O–H groups in total. The zero-order valence-corrected chi connectivity index (χ0v) is 15.9. The summed E-state index contributed by atoms with van der Waals surface area (Å²) in [6, 6.07) is 14.6. The van der Waals surface area contributed by atoms with Crippen LogP contribution in [-0.4, -0.2) is 51.2 Å². The average molecular weight is 391 g/mol. The molecular formula is C19H22N2O3S2. The van der Waals surface area contributed by atoms with E-state index in [9.17, 15) is 15.0 Å².